The highest BCUT2D eigenvalue weighted by molar-refractivity contribution is 7.98. The lowest BCUT2D eigenvalue weighted by atomic mass is 10.1. The van der Waals surface area contributed by atoms with Gasteiger partial charge in [0.05, 0.1) is 6.54 Å². The molecule has 1 rings (SSSR count). The van der Waals surface area contributed by atoms with E-state index in [9.17, 15) is 14.7 Å². The minimum absolute atomic E-state index is 0.342. The Bertz CT molecular complexity index is 442. The van der Waals surface area contributed by atoms with Crippen molar-refractivity contribution >= 4 is 23.6 Å². The SMILES string of the molecule is CSc1ccc(C(=O)NCC(C)(O)C(=O)O)cc1. The number of aliphatic carboxylic acids is 1. The van der Waals surface area contributed by atoms with Gasteiger partial charge in [0.25, 0.3) is 5.91 Å². The molecule has 18 heavy (non-hydrogen) atoms. The van der Waals surface area contributed by atoms with Crippen molar-refractivity contribution in [1.82, 2.24) is 5.32 Å². The van der Waals surface area contributed by atoms with Crippen molar-refractivity contribution in [2.45, 2.75) is 17.4 Å². The number of hydrogen-bond donors (Lipinski definition) is 3. The van der Waals surface area contributed by atoms with E-state index >= 15 is 0 Å². The summed E-state index contributed by atoms with van der Waals surface area (Å²) in [6.45, 7) is 0.790. The molecule has 1 aromatic carbocycles. The van der Waals surface area contributed by atoms with Gasteiger partial charge in [-0.1, -0.05) is 0 Å². The van der Waals surface area contributed by atoms with E-state index in [1.165, 1.54) is 0 Å². The first-order valence-electron chi connectivity index (χ1n) is 5.25. The molecule has 1 atom stereocenters. The zero-order valence-corrected chi connectivity index (χ0v) is 11.0. The first-order valence-corrected chi connectivity index (χ1v) is 6.47. The van der Waals surface area contributed by atoms with Crippen LogP contribution in [0.15, 0.2) is 29.2 Å². The first-order chi connectivity index (χ1) is 8.36. The van der Waals surface area contributed by atoms with Crippen LogP contribution < -0.4 is 5.32 Å². The Hall–Kier alpha value is -1.53. The number of nitrogens with one attached hydrogen (secondary N) is 1. The highest BCUT2D eigenvalue weighted by Gasteiger charge is 2.30. The highest BCUT2D eigenvalue weighted by atomic mass is 32.2. The van der Waals surface area contributed by atoms with E-state index in [1.807, 2.05) is 6.26 Å². The molecule has 0 spiro atoms. The Morgan fingerprint density at radius 1 is 1.33 bits per heavy atom. The van der Waals surface area contributed by atoms with Gasteiger partial charge >= 0.3 is 5.97 Å². The molecule has 0 aliphatic carbocycles. The van der Waals surface area contributed by atoms with Crippen molar-refractivity contribution in [2.24, 2.45) is 0 Å². The van der Waals surface area contributed by atoms with Crippen molar-refractivity contribution in [3.8, 4) is 0 Å². The van der Waals surface area contributed by atoms with Crippen molar-refractivity contribution in [3.63, 3.8) is 0 Å². The maximum Gasteiger partial charge on any atom is 0.337 e. The van der Waals surface area contributed by atoms with Gasteiger partial charge in [0.1, 0.15) is 0 Å². The van der Waals surface area contributed by atoms with Crippen LogP contribution >= 0.6 is 11.8 Å². The van der Waals surface area contributed by atoms with Crippen LogP contribution in [0.2, 0.25) is 0 Å². The van der Waals surface area contributed by atoms with Crippen LogP contribution in [0.3, 0.4) is 0 Å². The van der Waals surface area contributed by atoms with Crippen LogP contribution in [0.5, 0.6) is 0 Å². The number of carbonyl (C=O) groups is 2. The largest absolute Gasteiger partial charge is 0.479 e. The fourth-order valence-corrected chi connectivity index (χ4v) is 1.58. The molecule has 0 aromatic heterocycles. The molecule has 0 bridgehead atoms. The molecule has 0 saturated heterocycles. The van der Waals surface area contributed by atoms with E-state index in [-0.39, 0.29) is 6.54 Å². The van der Waals surface area contributed by atoms with Crippen molar-refractivity contribution in [3.05, 3.63) is 29.8 Å². The van der Waals surface area contributed by atoms with Crippen LogP contribution in [0.1, 0.15) is 17.3 Å². The molecule has 3 N–H and O–H groups in total. The number of benzene rings is 1. The predicted molar refractivity (Wildman–Crippen MR) is 68.8 cm³/mol. The fourth-order valence-electron chi connectivity index (χ4n) is 1.17. The molecular formula is C12H15NO4S. The average molecular weight is 269 g/mol. The summed E-state index contributed by atoms with van der Waals surface area (Å²) in [4.78, 5) is 23.4. The summed E-state index contributed by atoms with van der Waals surface area (Å²) >= 11 is 1.56. The lowest BCUT2D eigenvalue weighted by Gasteiger charge is -2.18. The van der Waals surface area contributed by atoms with Gasteiger partial charge in [0.2, 0.25) is 0 Å². The van der Waals surface area contributed by atoms with Gasteiger partial charge in [0, 0.05) is 10.5 Å². The molecule has 1 aromatic rings. The molecule has 98 valence electrons. The number of thioether (sulfide) groups is 1. The minimum Gasteiger partial charge on any atom is -0.479 e. The maximum atomic E-state index is 11.7. The topological polar surface area (TPSA) is 86.6 Å². The molecule has 1 unspecified atom stereocenters. The minimum atomic E-state index is -1.96. The van der Waals surface area contributed by atoms with Crippen molar-refractivity contribution in [1.29, 1.82) is 0 Å². The third-order valence-corrected chi connectivity index (χ3v) is 3.15. The molecule has 1 amide bonds. The summed E-state index contributed by atoms with van der Waals surface area (Å²) in [6, 6.07) is 6.90. The Kier molecular flexibility index (Phi) is 4.75. The van der Waals surface area contributed by atoms with Gasteiger partial charge < -0.3 is 15.5 Å². The summed E-state index contributed by atoms with van der Waals surface area (Å²) in [7, 11) is 0. The molecule has 0 saturated carbocycles. The quantitative estimate of drug-likeness (QED) is 0.693. The van der Waals surface area contributed by atoms with Gasteiger partial charge in [-0.2, -0.15) is 0 Å². The van der Waals surface area contributed by atoms with E-state index in [0.717, 1.165) is 11.8 Å². The van der Waals surface area contributed by atoms with Crippen LogP contribution in [0, 0.1) is 0 Å². The molecular weight excluding hydrogens is 254 g/mol. The number of hydrogen-bond acceptors (Lipinski definition) is 4. The Morgan fingerprint density at radius 2 is 1.89 bits per heavy atom. The predicted octanol–water partition coefficient (Wildman–Crippen LogP) is 0.974. The number of carbonyl (C=O) groups excluding carboxylic acids is 1. The number of carboxylic acids is 1. The third kappa shape index (κ3) is 3.75. The highest BCUT2D eigenvalue weighted by Crippen LogP contribution is 2.14. The van der Waals surface area contributed by atoms with Gasteiger partial charge in [-0.05, 0) is 37.4 Å². The van der Waals surface area contributed by atoms with Gasteiger partial charge in [-0.25, -0.2) is 4.79 Å². The van der Waals surface area contributed by atoms with E-state index < -0.39 is 17.5 Å². The van der Waals surface area contributed by atoms with E-state index in [4.69, 9.17) is 5.11 Å². The van der Waals surface area contributed by atoms with Gasteiger partial charge in [-0.3, -0.25) is 4.79 Å². The lowest BCUT2D eigenvalue weighted by molar-refractivity contribution is -0.155. The van der Waals surface area contributed by atoms with Crippen LogP contribution in [0.25, 0.3) is 0 Å². The number of carboxylic acid groups (broad SMARTS) is 1. The van der Waals surface area contributed by atoms with Crippen LogP contribution in [-0.2, 0) is 4.79 Å². The van der Waals surface area contributed by atoms with Crippen molar-refractivity contribution in [2.75, 3.05) is 12.8 Å². The summed E-state index contributed by atoms with van der Waals surface area (Å²) in [5.41, 5.74) is -1.54. The van der Waals surface area contributed by atoms with Crippen molar-refractivity contribution < 1.29 is 19.8 Å². The summed E-state index contributed by atoms with van der Waals surface area (Å²) in [6.07, 6.45) is 1.93. The second-order valence-corrected chi connectivity index (χ2v) is 4.87. The van der Waals surface area contributed by atoms with Gasteiger partial charge in [-0.15, -0.1) is 11.8 Å². The molecule has 5 nitrogen and oxygen atoms in total. The standard InChI is InChI=1S/C12H15NO4S/c1-12(17,11(15)16)7-13-10(14)8-3-5-9(18-2)6-4-8/h3-6,17H,7H2,1-2H3,(H,13,14)(H,15,16). The first kappa shape index (κ1) is 14.5. The maximum absolute atomic E-state index is 11.7. The van der Waals surface area contributed by atoms with Gasteiger partial charge in [0.15, 0.2) is 5.60 Å². The normalized spacial score (nSPS) is 13.7. The monoisotopic (exact) mass is 269 g/mol. The summed E-state index contributed by atoms with van der Waals surface area (Å²) in [5, 5.41) is 20.5. The summed E-state index contributed by atoms with van der Waals surface area (Å²) < 4.78 is 0. The molecule has 0 fully saturated rings. The Labute approximate surface area is 109 Å². The van der Waals surface area contributed by atoms with Crippen LogP contribution in [-0.4, -0.2) is 40.5 Å². The number of amides is 1. The third-order valence-electron chi connectivity index (χ3n) is 2.41. The molecule has 0 radical (unpaired) electrons. The van der Waals surface area contributed by atoms with Crippen LogP contribution in [0.4, 0.5) is 0 Å². The molecule has 6 heteroatoms. The smallest absolute Gasteiger partial charge is 0.337 e. The number of rotatable bonds is 5. The molecule has 0 heterocycles. The zero-order valence-electron chi connectivity index (χ0n) is 10.1. The van der Waals surface area contributed by atoms with E-state index in [2.05, 4.69) is 5.32 Å². The second-order valence-electron chi connectivity index (χ2n) is 3.99. The summed E-state index contributed by atoms with van der Waals surface area (Å²) in [5.74, 6) is -1.79. The Morgan fingerprint density at radius 3 is 2.33 bits per heavy atom. The lowest BCUT2D eigenvalue weighted by Crippen LogP contribution is -2.46. The average Bonchev–Trinajstić information content (AvgIpc) is 2.36. The Balaban J connectivity index is 2.63. The molecule has 0 aliphatic heterocycles. The fraction of sp³-hybridized carbons (Fsp3) is 0.333. The zero-order chi connectivity index (χ0) is 13.8. The molecule has 0 aliphatic rings. The van der Waals surface area contributed by atoms with E-state index in [1.54, 1.807) is 36.0 Å². The second kappa shape index (κ2) is 5.88. The number of aliphatic hydroxyl groups is 1. The van der Waals surface area contributed by atoms with E-state index in [0.29, 0.717) is 5.56 Å².